The minimum Gasteiger partial charge on any atom is -0.481 e. The monoisotopic (exact) mass is 217 g/mol. The Labute approximate surface area is 89.6 Å². The van der Waals surface area contributed by atoms with E-state index in [9.17, 15) is 4.79 Å². The molecule has 14 heavy (non-hydrogen) atoms. The Kier molecular flexibility index (Phi) is 4.75. The molecule has 1 rings (SSSR count). The summed E-state index contributed by atoms with van der Waals surface area (Å²) in [6.07, 6.45) is 3.61. The third-order valence-corrected chi connectivity index (χ3v) is 4.08. The van der Waals surface area contributed by atoms with Crippen molar-refractivity contribution < 1.29 is 9.90 Å². The summed E-state index contributed by atoms with van der Waals surface area (Å²) >= 11 is 2.03. The largest absolute Gasteiger partial charge is 0.481 e. The van der Waals surface area contributed by atoms with E-state index in [-0.39, 0.29) is 6.42 Å². The van der Waals surface area contributed by atoms with Crippen LogP contribution in [-0.4, -0.2) is 34.7 Å². The first kappa shape index (κ1) is 11.9. The van der Waals surface area contributed by atoms with E-state index < -0.39 is 5.97 Å². The summed E-state index contributed by atoms with van der Waals surface area (Å²) in [5.74, 6) is 0.570. The summed E-state index contributed by atoms with van der Waals surface area (Å²) < 4.78 is 0.392. The number of thioether (sulfide) groups is 1. The summed E-state index contributed by atoms with van der Waals surface area (Å²) in [6, 6.07) is 0. The van der Waals surface area contributed by atoms with Crippen molar-refractivity contribution in [3.05, 3.63) is 0 Å². The normalized spacial score (nSPS) is 26.6. The molecule has 1 aliphatic heterocycles. The van der Waals surface area contributed by atoms with Gasteiger partial charge in [-0.05, 0) is 38.5 Å². The van der Waals surface area contributed by atoms with Crippen LogP contribution in [-0.2, 0) is 4.79 Å². The Morgan fingerprint density at radius 1 is 1.64 bits per heavy atom. The molecule has 0 aromatic carbocycles. The minimum absolute atomic E-state index is 0.275. The van der Waals surface area contributed by atoms with Crippen molar-refractivity contribution in [1.82, 2.24) is 5.32 Å². The zero-order valence-corrected chi connectivity index (χ0v) is 9.53. The number of hydrogen-bond donors (Lipinski definition) is 2. The minimum atomic E-state index is -0.701. The van der Waals surface area contributed by atoms with Gasteiger partial charge >= 0.3 is 5.97 Å². The van der Waals surface area contributed by atoms with Gasteiger partial charge in [0.2, 0.25) is 0 Å². The van der Waals surface area contributed by atoms with Crippen LogP contribution in [0.3, 0.4) is 0 Å². The number of aliphatic carboxylic acids is 1. The number of rotatable bonds is 6. The lowest BCUT2D eigenvalue weighted by molar-refractivity contribution is -0.137. The molecular weight excluding hydrogens is 198 g/mol. The van der Waals surface area contributed by atoms with Gasteiger partial charge in [-0.15, -0.1) is 0 Å². The van der Waals surface area contributed by atoms with E-state index >= 15 is 0 Å². The smallest absolute Gasteiger partial charge is 0.303 e. The third-order valence-electron chi connectivity index (χ3n) is 2.54. The fourth-order valence-electron chi connectivity index (χ4n) is 1.69. The molecule has 0 amide bonds. The fraction of sp³-hybridized carbons (Fsp3) is 0.900. The Bertz CT molecular complexity index is 191. The lowest BCUT2D eigenvalue weighted by Crippen LogP contribution is -2.33. The molecule has 0 aromatic rings. The van der Waals surface area contributed by atoms with Crippen LogP contribution in [0.1, 0.15) is 32.6 Å². The Morgan fingerprint density at radius 3 is 3.00 bits per heavy atom. The molecule has 0 saturated carbocycles. The van der Waals surface area contributed by atoms with Gasteiger partial charge in [0.1, 0.15) is 0 Å². The predicted octanol–water partition coefficient (Wildman–Crippen LogP) is 1.73. The standard InChI is InChI=1S/C10H19NO2S/c1-10(5-3-7-14-10)8-11-6-2-4-9(12)13/h11H,2-8H2,1H3,(H,12,13). The molecule has 0 aliphatic carbocycles. The average molecular weight is 217 g/mol. The van der Waals surface area contributed by atoms with E-state index in [1.54, 1.807) is 0 Å². The number of carbonyl (C=O) groups is 1. The number of nitrogens with one attached hydrogen (secondary N) is 1. The van der Waals surface area contributed by atoms with Crippen LogP contribution in [0.5, 0.6) is 0 Å². The second-order valence-electron chi connectivity index (χ2n) is 4.08. The second-order valence-corrected chi connectivity index (χ2v) is 5.76. The van der Waals surface area contributed by atoms with Gasteiger partial charge in [0, 0.05) is 17.7 Å². The summed E-state index contributed by atoms with van der Waals surface area (Å²) in [7, 11) is 0. The van der Waals surface area contributed by atoms with E-state index in [0.29, 0.717) is 4.75 Å². The average Bonchev–Trinajstić information content (AvgIpc) is 2.51. The van der Waals surface area contributed by atoms with Crippen LogP contribution >= 0.6 is 11.8 Å². The maximum atomic E-state index is 10.2. The van der Waals surface area contributed by atoms with E-state index in [2.05, 4.69) is 12.2 Å². The lowest BCUT2D eigenvalue weighted by Gasteiger charge is -2.22. The molecule has 0 radical (unpaired) electrons. The summed E-state index contributed by atoms with van der Waals surface area (Å²) in [5, 5.41) is 11.8. The van der Waals surface area contributed by atoms with Crippen molar-refractivity contribution >= 4 is 17.7 Å². The number of hydrogen-bond acceptors (Lipinski definition) is 3. The molecule has 4 heteroatoms. The van der Waals surface area contributed by atoms with Crippen molar-refractivity contribution in [3.8, 4) is 0 Å². The predicted molar refractivity (Wildman–Crippen MR) is 59.8 cm³/mol. The maximum absolute atomic E-state index is 10.2. The first-order valence-electron chi connectivity index (χ1n) is 5.19. The molecule has 1 fully saturated rings. The van der Waals surface area contributed by atoms with Crippen LogP contribution in [0.2, 0.25) is 0 Å². The van der Waals surface area contributed by atoms with Gasteiger partial charge in [0.25, 0.3) is 0 Å². The van der Waals surface area contributed by atoms with Crippen molar-refractivity contribution in [2.75, 3.05) is 18.8 Å². The van der Waals surface area contributed by atoms with Crippen molar-refractivity contribution in [2.45, 2.75) is 37.4 Å². The Balaban J connectivity index is 2.00. The molecule has 1 atom stereocenters. The topological polar surface area (TPSA) is 49.3 Å². The van der Waals surface area contributed by atoms with E-state index in [0.717, 1.165) is 19.5 Å². The highest BCUT2D eigenvalue weighted by molar-refractivity contribution is 8.00. The highest BCUT2D eigenvalue weighted by Gasteiger charge is 2.28. The van der Waals surface area contributed by atoms with Gasteiger partial charge in [0.05, 0.1) is 0 Å². The van der Waals surface area contributed by atoms with Gasteiger partial charge in [0.15, 0.2) is 0 Å². The summed E-state index contributed by atoms with van der Waals surface area (Å²) in [6.45, 7) is 4.12. The Morgan fingerprint density at radius 2 is 2.43 bits per heavy atom. The molecule has 0 aromatic heterocycles. The molecular formula is C10H19NO2S. The van der Waals surface area contributed by atoms with Crippen LogP contribution in [0.4, 0.5) is 0 Å². The Hall–Kier alpha value is -0.220. The molecule has 1 saturated heterocycles. The quantitative estimate of drug-likeness (QED) is 0.665. The lowest BCUT2D eigenvalue weighted by atomic mass is 10.1. The highest BCUT2D eigenvalue weighted by Crippen LogP contribution is 2.36. The molecule has 1 aliphatic rings. The first-order chi connectivity index (χ1) is 6.62. The van der Waals surface area contributed by atoms with Gasteiger partial charge in [-0.3, -0.25) is 4.79 Å². The molecule has 1 unspecified atom stereocenters. The molecule has 3 nitrogen and oxygen atoms in total. The van der Waals surface area contributed by atoms with Crippen molar-refractivity contribution in [1.29, 1.82) is 0 Å². The molecule has 2 N–H and O–H groups in total. The SMILES string of the molecule is CC1(CNCCCC(=O)O)CCCS1. The molecule has 0 bridgehead atoms. The van der Waals surface area contributed by atoms with E-state index in [1.807, 2.05) is 11.8 Å². The zero-order valence-electron chi connectivity index (χ0n) is 8.71. The summed E-state index contributed by atoms with van der Waals surface area (Å²) in [4.78, 5) is 10.2. The second kappa shape index (κ2) is 5.61. The molecule has 82 valence electrons. The van der Waals surface area contributed by atoms with Gasteiger partial charge < -0.3 is 10.4 Å². The number of carboxylic acid groups (broad SMARTS) is 1. The summed E-state index contributed by atoms with van der Waals surface area (Å²) in [5.41, 5.74) is 0. The molecule has 0 spiro atoms. The first-order valence-corrected chi connectivity index (χ1v) is 6.17. The van der Waals surface area contributed by atoms with Crippen molar-refractivity contribution in [3.63, 3.8) is 0 Å². The van der Waals surface area contributed by atoms with E-state index in [1.165, 1.54) is 18.6 Å². The van der Waals surface area contributed by atoms with Crippen LogP contribution in [0.25, 0.3) is 0 Å². The highest BCUT2D eigenvalue weighted by atomic mass is 32.2. The number of carboxylic acids is 1. The van der Waals surface area contributed by atoms with Gasteiger partial charge in [-0.1, -0.05) is 0 Å². The fourth-order valence-corrected chi connectivity index (χ4v) is 2.97. The van der Waals surface area contributed by atoms with Crippen LogP contribution in [0, 0.1) is 0 Å². The van der Waals surface area contributed by atoms with Crippen LogP contribution < -0.4 is 5.32 Å². The van der Waals surface area contributed by atoms with Gasteiger partial charge in [-0.25, -0.2) is 0 Å². The van der Waals surface area contributed by atoms with E-state index in [4.69, 9.17) is 5.11 Å². The third kappa shape index (κ3) is 4.33. The zero-order chi connectivity index (χ0) is 10.4. The van der Waals surface area contributed by atoms with Crippen LogP contribution in [0.15, 0.2) is 0 Å². The van der Waals surface area contributed by atoms with Crippen molar-refractivity contribution in [2.24, 2.45) is 0 Å². The van der Waals surface area contributed by atoms with Gasteiger partial charge in [-0.2, -0.15) is 11.8 Å². The maximum Gasteiger partial charge on any atom is 0.303 e. The molecule has 1 heterocycles.